The third-order valence-corrected chi connectivity index (χ3v) is 4.51. The van der Waals surface area contributed by atoms with Gasteiger partial charge in [-0.25, -0.2) is 4.68 Å². The number of benzene rings is 2. The fourth-order valence-electron chi connectivity index (χ4n) is 2.66. The normalized spacial score (nSPS) is 10.6. The van der Waals surface area contributed by atoms with Crippen molar-refractivity contribution in [3.63, 3.8) is 0 Å². The second-order valence-electron chi connectivity index (χ2n) is 6.01. The molecule has 3 aromatic rings. The van der Waals surface area contributed by atoms with Gasteiger partial charge < -0.3 is 4.90 Å². The topological polar surface area (TPSA) is 38.1 Å². The van der Waals surface area contributed by atoms with E-state index in [9.17, 15) is 4.79 Å². The zero-order valence-electron chi connectivity index (χ0n) is 14.1. The number of carbonyl (C=O) groups excluding carboxylic acids is 1. The molecule has 1 aromatic heterocycles. The minimum absolute atomic E-state index is 0.132. The molecule has 0 bridgehead atoms. The quantitative estimate of drug-likeness (QED) is 0.624. The Labute approximate surface area is 156 Å². The molecule has 0 saturated carbocycles. The van der Waals surface area contributed by atoms with E-state index in [1.165, 1.54) is 0 Å². The van der Waals surface area contributed by atoms with Crippen LogP contribution in [0.4, 0.5) is 0 Å². The molecule has 0 aliphatic heterocycles. The van der Waals surface area contributed by atoms with Crippen LogP contribution >= 0.6 is 15.9 Å². The zero-order valence-corrected chi connectivity index (χ0v) is 15.7. The number of amides is 1. The summed E-state index contributed by atoms with van der Waals surface area (Å²) in [6.45, 7) is 0.560. The Morgan fingerprint density at radius 3 is 2.68 bits per heavy atom. The van der Waals surface area contributed by atoms with Crippen LogP contribution in [0.15, 0.2) is 71.5 Å². The van der Waals surface area contributed by atoms with Crippen molar-refractivity contribution >= 4 is 21.8 Å². The van der Waals surface area contributed by atoms with Crippen molar-refractivity contribution < 1.29 is 4.79 Å². The second kappa shape index (κ2) is 8.12. The summed E-state index contributed by atoms with van der Waals surface area (Å²) in [4.78, 5) is 14.1. The molecule has 0 spiro atoms. The van der Waals surface area contributed by atoms with Gasteiger partial charge in [-0.2, -0.15) is 5.10 Å². The summed E-state index contributed by atoms with van der Waals surface area (Å²) in [6, 6.07) is 18.0. The Morgan fingerprint density at radius 1 is 1.12 bits per heavy atom. The molecule has 4 nitrogen and oxygen atoms in total. The highest BCUT2D eigenvalue weighted by atomic mass is 79.9. The summed E-state index contributed by atoms with van der Waals surface area (Å²) < 4.78 is 2.87. The first-order valence-corrected chi connectivity index (χ1v) is 8.98. The highest BCUT2D eigenvalue weighted by molar-refractivity contribution is 9.10. The van der Waals surface area contributed by atoms with Crippen molar-refractivity contribution in [1.29, 1.82) is 0 Å². The number of rotatable bonds is 6. The molecule has 25 heavy (non-hydrogen) atoms. The average molecular weight is 398 g/mol. The van der Waals surface area contributed by atoms with Crippen molar-refractivity contribution in [3.05, 3.63) is 82.6 Å². The SMILES string of the molecule is CN(Cc1cnn(-c2ccccc2)c1)C(=O)CCc1cccc(Br)c1. The Bertz CT molecular complexity index is 845. The van der Waals surface area contributed by atoms with Crippen LogP contribution in [-0.4, -0.2) is 27.6 Å². The molecule has 0 N–H and O–H groups in total. The summed E-state index contributed by atoms with van der Waals surface area (Å²) in [5.74, 6) is 0.132. The van der Waals surface area contributed by atoms with Gasteiger partial charge in [0.2, 0.25) is 5.91 Å². The maximum atomic E-state index is 12.4. The van der Waals surface area contributed by atoms with E-state index in [1.54, 1.807) is 4.90 Å². The molecule has 0 saturated heterocycles. The van der Waals surface area contributed by atoms with Crippen LogP contribution < -0.4 is 0 Å². The Balaban J connectivity index is 1.56. The highest BCUT2D eigenvalue weighted by Crippen LogP contribution is 2.14. The Hall–Kier alpha value is -2.40. The second-order valence-corrected chi connectivity index (χ2v) is 6.92. The molecule has 0 aliphatic rings. The fourth-order valence-corrected chi connectivity index (χ4v) is 3.11. The van der Waals surface area contributed by atoms with Gasteiger partial charge in [0.15, 0.2) is 0 Å². The van der Waals surface area contributed by atoms with E-state index < -0.39 is 0 Å². The van der Waals surface area contributed by atoms with Gasteiger partial charge in [0.05, 0.1) is 11.9 Å². The molecule has 1 amide bonds. The van der Waals surface area contributed by atoms with E-state index in [0.29, 0.717) is 13.0 Å². The number of hydrogen-bond acceptors (Lipinski definition) is 2. The highest BCUT2D eigenvalue weighted by Gasteiger charge is 2.11. The molecule has 0 aliphatic carbocycles. The summed E-state index contributed by atoms with van der Waals surface area (Å²) in [5.41, 5.74) is 3.19. The van der Waals surface area contributed by atoms with E-state index in [-0.39, 0.29) is 5.91 Å². The number of aromatic nitrogens is 2. The van der Waals surface area contributed by atoms with Crippen molar-refractivity contribution in [1.82, 2.24) is 14.7 Å². The predicted molar refractivity (Wildman–Crippen MR) is 103 cm³/mol. The first-order valence-electron chi connectivity index (χ1n) is 8.19. The molecule has 5 heteroatoms. The fraction of sp³-hybridized carbons (Fsp3) is 0.200. The van der Waals surface area contributed by atoms with Crippen LogP contribution in [0.5, 0.6) is 0 Å². The summed E-state index contributed by atoms with van der Waals surface area (Å²) in [5, 5.41) is 4.38. The lowest BCUT2D eigenvalue weighted by Gasteiger charge is -2.16. The van der Waals surface area contributed by atoms with Gasteiger partial charge in [0, 0.05) is 36.2 Å². The average Bonchev–Trinajstić information content (AvgIpc) is 3.09. The maximum absolute atomic E-state index is 12.4. The van der Waals surface area contributed by atoms with Gasteiger partial charge in [-0.1, -0.05) is 46.3 Å². The number of para-hydroxylation sites is 1. The smallest absolute Gasteiger partial charge is 0.222 e. The van der Waals surface area contributed by atoms with Gasteiger partial charge in [0.25, 0.3) is 0 Å². The monoisotopic (exact) mass is 397 g/mol. The third-order valence-electron chi connectivity index (χ3n) is 4.02. The van der Waals surface area contributed by atoms with Gasteiger partial charge in [-0.3, -0.25) is 4.79 Å². The largest absolute Gasteiger partial charge is 0.341 e. The van der Waals surface area contributed by atoms with Crippen LogP contribution in [0.3, 0.4) is 0 Å². The van der Waals surface area contributed by atoms with E-state index in [4.69, 9.17) is 0 Å². The van der Waals surface area contributed by atoms with Crippen molar-refractivity contribution in [3.8, 4) is 5.69 Å². The lowest BCUT2D eigenvalue weighted by atomic mass is 10.1. The molecular formula is C20H20BrN3O. The van der Waals surface area contributed by atoms with Crippen LogP contribution in [0.25, 0.3) is 5.69 Å². The summed E-state index contributed by atoms with van der Waals surface area (Å²) >= 11 is 3.46. The first-order chi connectivity index (χ1) is 12.1. The van der Waals surface area contributed by atoms with E-state index >= 15 is 0 Å². The van der Waals surface area contributed by atoms with Crippen LogP contribution in [0, 0.1) is 0 Å². The molecule has 0 radical (unpaired) electrons. The third kappa shape index (κ3) is 4.79. The van der Waals surface area contributed by atoms with Crippen LogP contribution in [-0.2, 0) is 17.8 Å². The van der Waals surface area contributed by atoms with Gasteiger partial charge in [-0.15, -0.1) is 0 Å². The molecule has 0 fully saturated rings. The Kier molecular flexibility index (Phi) is 5.66. The molecule has 128 valence electrons. The number of aryl methyl sites for hydroxylation is 1. The number of halogens is 1. The Morgan fingerprint density at radius 2 is 1.92 bits per heavy atom. The molecule has 1 heterocycles. The van der Waals surface area contributed by atoms with Crippen molar-refractivity contribution in [2.45, 2.75) is 19.4 Å². The summed E-state index contributed by atoms with van der Waals surface area (Å²) in [6.07, 6.45) is 5.02. The standard InChI is InChI=1S/C20H20BrN3O/c1-23(20(25)11-10-16-6-5-7-18(21)12-16)14-17-13-22-24(15-17)19-8-3-2-4-9-19/h2-9,12-13,15H,10-11,14H2,1H3. The van der Waals surface area contributed by atoms with Crippen molar-refractivity contribution in [2.75, 3.05) is 7.05 Å². The minimum Gasteiger partial charge on any atom is -0.341 e. The number of carbonyl (C=O) groups is 1. The predicted octanol–water partition coefficient (Wildman–Crippen LogP) is 4.23. The van der Waals surface area contributed by atoms with Crippen LogP contribution in [0.1, 0.15) is 17.5 Å². The van der Waals surface area contributed by atoms with E-state index in [0.717, 1.165) is 27.7 Å². The molecule has 0 atom stereocenters. The lowest BCUT2D eigenvalue weighted by Crippen LogP contribution is -2.26. The van der Waals surface area contributed by atoms with Gasteiger partial charge in [0.1, 0.15) is 0 Å². The molecule has 2 aromatic carbocycles. The number of nitrogens with zero attached hydrogens (tertiary/aromatic N) is 3. The number of hydrogen-bond donors (Lipinski definition) is 0. The van der Waals surface area contributed by atoms with Crippen molar-refractivity contribution in [2.24, 2.45) is 0 Å². The van der Waals surface area contributed by atoms with Gasteiger partial charge in [-0.05, 0) is 36.2 Å². The maximum Gasteiger partial charge on any atom is 0.222 e. The van der Waals surface area contributed by atoms with E-state index in [2.05, 4.69) is 27.1 Å². The van der Waals surface area contributed by atoms with Crippen LogP contribution in [0.2, 0.25) is 0 Å². The lowest BCUT2D eigenvalue weighted by molar-refractivity contribution is -0.130. The molecule has 3 rings (SSSR count). The zero-order chi connectivity index (χ0) is 17.6. The minimum atomic E-state index is 0.132. The first kappa shape index (κ1) is 17.4. The molecular weight excluding hydrogens is 378 g/mol. The summed E-state index contributed by atoms with van der Waals surface area (Å²) in [7, 11) is 1.84. The van der Waals surface area contributed by atoms with E-state index in [1.807, 2.05) is 72.7 Å². The van der Waals surface area contributed by atoms with Gasteiger partial charge >= 0.3 is 0 Å². The molecule has 0 unspecified atom stereocenters.